The van der Waals surface area contributed by atoms with Gasteiger partial charge in [0.15, 0.2) is 0 Å². The van der Waals surface area contributed by atoms with E-state index in [9.17, 15) is 19.5 Å². The lowest BCUT2D eigenvalue weighted by Gasteiger charge is -2.28. The van der Waals surface area contributed by atoms with Crippen molar-refractivity contribution in [3.05, 3.63) is 106 Å². The summed E-state index contributed by atoms with van der Waals surface area (Å²) < 4.78 is 0. The van der Waals surface area contributed by atoms with E-state index in [2.05, 4.69) is 45.5 Å². The molecular weight excluding hydrogens is 540 g/mol. The number of hydrogen-bond donors (Lipinski definition) is 5. The number of rotatable bonds is 8. The third-order valence-corrected chi connectivity index (χ3v) is 9.32. The van der Waals surface area contributed by atoms with Crippen LogP contribution in [0.5, 0.6) is 0 Å². The molecule has 3 aromatic rings. The minimum atomic E-state index is -1.22. The van der Waals surface area contributed by atoms with Gasteiger partial charge in [-0.1, -0.05) is 72.8 Å². The van der Waals surface area contributed by atoms with E-state index in [-0.39, 0.29) is 42.3 Å². The summed E-state index contributed by atoms with van der Waals surface area (Å²) >= 11 is 0. The van der Waals surface area contributed by atoms with Crippen LogP contribution in [0.1, 0.15) is 83.5 Å². The van der Waals surface area contributed by atoms with Crippen molar-refractivity contribution in [3.63, 3.8) is 0 Å². The molecule has 5 N–H and O–H groups in total. The Kier molecular flexibility index (Phi) is 8.74. The zero-order valence-corrected chi connectivity index (χ0v) is 24.4. The largest absolute Gasteiger partial charge is 0.465 e. The Bertz CT molecular complexity index is 1470. The van der Waals surface area contributed by atoms with E-state index in [0.29, 0.717) is 13.0 Å². The number of carbonyl (C=O) groups is 3. The zero-order valence-electron chi connectivity index (χ0n) is 24.4. The fourth-order valence-electron chi connectivity index (χ4n) is 7.06. The second kappa shape index (κ2) is 13.0. The van der Waals surface area contributed by atoms with Gasteiger partial charge in [0, 0.05) is 13.0 Å². The Labute approximate surface area is 252 Å². The molecule has 3 aromatic carbocycles. The van der Waals surface area contributed by atoms with Gasteiger partial charge in [-0.05, 0) is 84.2 Å². The Balaban J connectivity index is 1.05. The summed E-state index contributed by atoms with van der Waals surface area (Å²) in [6, 6.07) is 23.3. The van der Waals surface area contributed by atoms with E-state index < -0.39 is 12.1 Å². The van der Waals surface area contributed by atoms with Crippen molar-refractivity contribution in [2.75, 3.05) is 6.54 Å². The highest BCUT2D eigenvalue weighted by Crippen LogP contribution is 2.32. The molecule has 1 aliphatic heterocycles. The van der Waals surface area contributed by atoms with Crippen LogP contribution in [0.4, 0.5) is 4.79 Å². The second-order valence-corrected chi connectivity index (χ2v) is 12.1. The molecule has 8 nitrogen and oxygen atoms in total. The van der Waals surface area contributed by atoms with E-state index in [1.165, 1.54) is 16.7 Å². The standard InChI is InChI=1S/C35H40N4O4/c40-33(37-29-13-5-9-24-7-1-3-11-27(24)29)31-20-26(21-36-31)23-17-15-22(16-18-23)19-32(39-35(42)43)34(41)38-30-14-6-10-25-8-2-4-12-28(25)30/h1-4,7-8,11-12,15-18,26,29-32,36,39H,5-6,9-10,13-14,19-21H2,(H,37,40)(H,38,41)(H,42,43)/t26-,29+,30+,31-,32?/m0/s1. The predicted molar refractivity (Wildman–Crippen MR) is 165 cm³/mol. The molecule has 0 saturated carbocycles. The summed E-state index contributed by atoms with van der Waals surface area (Å²) in [5.41, 5.74) is 6.91. The molecule has 43 heavy (non-hydrogen) atoms. The quantitative estimate of drug-likeness (QED) is 0.265. The lowest BCUT2D eigenvalue weighted by atomic mass is 9.87. The highest BCUT2D eigenvalue weighted by molar-refractivity contribution is 5.86. The molecule has 0 aromatic heterocycles. The first kappa shape index (κ1) is 28.9. The second-order valence-electron chi connectivity index (χ2n) is 12.1. The normalized spacial score (nSPS) is 23.3. The van der Waals surface area contributed by atoms with Crippen LogP contribution in [0.3, 0.4) is 0 Å². The van der Waals surface area contributed by atoms with Gasteiger partial charge in [0.1, 0.15) is 6.04 Å². The van der Waals surface area contributed by atoms with Crippen molar-refractivity contribution < 1.29 is 19.5 Å². The molecule has 0 spiro atoms. The molecule has 1 saturated heterocycles. The van der Waals surface area contributed by atoms with Gasteiger partial charge in [-0.2, -0.15) is 0 Å². The third-order valence-electron chi connectivity index (χ3n) is 9.32. The summed E-state index contributed by atoms with van der Waals surface area (Å²) in [5.74, 6) is -0.0660. The molecule has 2 aliphatic carbocycles. The van der Waals surface area contributed by atoms with Crippen molar-refractivity contribution >= 4 is 17.9 Å². The summed E-state index contributed by atoms with van der Waals surface area (Å²) in [7, 11) is 0. The maximum Gasteiger partial charge on any atom is 0.405 e. The van der Waals surface area contributed by atoms with Crippen LogP contribution < -0.4 is 21.3 Å². The van der Waals surface area contributed by atoms with Gasteiger partial charge in [0.2, 0.25) is 11.8 Å². The number of benzene rings is 3. The SMILES string of the molecule is O=C(O)NC(Cc1ccc([C@@H]2CN[C@H](C(=O)N[C@@H]3CCCc4ccccc43)C2)cc1)C(=O)N[C@@H]1CCCc2ccccc21. The van der Waals surface area contributed by atoms with Crippen LogP contribution in [-0.2, 0) is 28.9 Å². The van der Waals surface area contributed by atoms with Gasteiger partial charge in [0.05, 0.1) is 18.1 Å². The molecule has 0 bridgehead atoms. The van der Waals surface area contributed by atoms with Gasteiger partial charge in [0.25, 0.3) is 0 Å². The fourth-order valence-corrected chi connectivity index (χ4v) is 7.06. The van der Waals surface area contributed by atoms with Crippen LogP contribution in [0.15, 0.2) is 72.8 Å². The number of fused-ring (bicyclic) bond motifs is 2. The molecule has 5 atom stereocenters. The molecule has 224 valence electrons. The number of amides is 3. The summed E-state index contributed by atoms with van der Waals surface area (Å²) in [6.07, 6.45) is 5.65. The Hall–Kier alpha value is -4.17. The molecule has 6 rings (SSSR count). The Morgan fingerprint density at radius 3 is 2.05 bits per heavy atom. The molecule has 1 unspecified atom stereocenters. The van der Waals surface area contributed by atoms with E-state index >= 15 is 0 Å². The molecule has 8 heteroatoms. The first-order valence-corrected chi connectivity index (χ1v) is 15.5. The minimum Gasteiger partial charge on any atom is -0.465 e. The molecule has 0 radical (unpaired) electrons. The van der Waals surface area contributed by atoms with Gasteiger partial charge in [-0.3, -0.25) is 9.59 Å². The van der Waals surface area contributed by atoms with Gasteiger partial charge >= 0.3 is 6.09 Å². The topological polar surface area (TPSA) is 120 Å². The van der Waals surface area contributed by atoms with E-state index in [0.717, 1.165) is 55.2 Å². The predicted octanol–water partition coefficient (Wildman–Crippen LogP) is 4.70. The summed E-state index contributed by atoms with van der Waals surface area (Å²) in [5, 5.41) is 21.7. The number of hydrogen-bond acceptors (Lipinski definition) is 4. The van der Waals surface area contributed by atoms with Crippen LogP contribution in [0, 0.1) is 0 Å². The van der Waals surface area contributed by atoms with E-state index in [1.807, 2.05) is 48.5 Å². The third kappa shape index (κ3) is 6.75. The van der Waals surface area contributed by atoms with E-state index in [4.69, 9.17) is 0 Å². The lowest BCUT2D eigenvalue weighted by Crippen LogP contribution is -2.48. The van der Waals surface area contributed by atoms with E-state index in [1.54, 1.807) is 0 Å². The monoisotopic (exact) mass is 580 g/mol. The maximum atomic E-state index is 13.3. The molecule has 3 aliphatic rings. The molecule has 1 heterocycles. The highest BCUT2D eigenvalue weighted by Gasteiger charge is 2.33. The van der Waals surface area contributed by atoms with Crippen molar-refractivity contribution in [2.45, 2.75) is 81.5 Å². The fraction of sp³-hybridized carbons (Fsp3) is 0.400. The first-order valence-electron chi connectivity index (χ1n) is 15.5. The lowest BCUT2D eigenvalue weighted by molar-refractivity contribution is -0.124. The van der Waals surface area contributed by atoms with Gasteiger partial charge in [-0.25, -0.2) is 4.79 Å². The molecule has 1 fully saturated rings. The average molecular weight is 581 g/mol. The number of nitrogens with one attached hydrogen (secondary N) is 4. The molecular formula is C35H40N4O4. The van der Waals surface area contributed by atoms with Crippen LogP contribution >= 0.6 is 0 Å². The van der Waals surface area contributed by atoms with Gasteiger partial charge < -0.3 is 26.4 Å². The summed E-state index contributed by atoms with van der Waals surface area (Å²) in [6.45, 7) is 0.715. The number of aryl methyl sites for hydroxylation is 2. The van der Waals surface area contributed by atoms with Crippen molar-refractivity contribution in [1.29, 1.82) is 0 Å². The van der Waals surface area contributed by atoms with Crippen molar-refractivity contribution in [2.24, 2.45) is 0 Å². The molecule has 3 amide bonds. The highest BCUT2D eigenvalue weighted by atomic mass is 16.4. The van der Waals surface area contributed by atoms with Crippen LogP contribution in [0.2, 0.25) is 0 Å². The van der Waals surface area contributed by atoms with Crippen LogP contribution in [0.25, 0.3) is 0 Å². The Morgan fingerprint density at radius 1 is 0.814 bits per heavy atom. The van der Waals surface area contributed by atoms with Crippen molar-refractivity contribution in [1.82, 2.24) is 21.3 Å². The van der Waals surface area contributed by atoms with Gasteiger partial charge in [-0.15, -0.1) is 0 Å². The maximum absolute atomic E-state index is 13.3. The number of carboxylic acid groups (broad SMARTS) is 1. The number of carbonyl (C=O) groups excluding carboxylic acids is 2. The van der Waals surface area contributed by atoms with Crippen LogP contribution in [-0.4, -0.2) is 41.6 Å². The first-order chi connectivity index (χ1) is 20.9. The summed E-state index contributed by atoms with van der Waals surface area (Å²) in [4.78, 5) is 38.0. The zero-order chi connectivity index (χ0) is 29.8. The van der Waals surface area contributed by atoms with Crippen molar-refractivity contribution in [3.8, 4) is 0 Å². The smallest absolute Gasteiger partial charge is 0.405 e. The average Bonchev–Trinajstić information content (AvgIpc) is 3.52. The Morgan fingerprint density at radius 2 is 1.42 bits per heavy atom. The minimum absolute atomic E-state index is 0.0509.